The standard InChI is InChI=1S/C30H50N2O/c1-25(2)22-9-8-21-20(28(22,5)12-11-24(25)33)10-13-30(7)23-18-26(3,19-32-31)14-15-27(23,4)16-17-29(21,30)6/h19,22-24,33H,8-18,31H2,1-7H3/b32-19+/t22-,23+,24-,26+,27+,28+,29+,30-/m0/s1. The summed E-state index contributed by atoms with van der Waals surface area (Å²) in [6, 6.07) is 0. The van der Waals surface area contributed by atoms with Crippen molar-refractivity contribution in [1.29, 1.82) is 0 Å². The largest absolute Gasteiger partial charge is 0.393 e. The van der Waals surface area contributed by atoms with Crippen molar-refractivity contribution in [3.05, 3.63) is 11.1 Å². The maximum absolute atomic E-state index is 10.9. The second-order valence-electron chi connectivity index (χ2n) is 14.9. The fourth-order valence-electron chi connectivity index (χ4n) is 10.6. The smallest absolute Gasteiger partial charge is 0.0594 e. The molecule has 3 fully saturated rings. The van der Waals surface area contributed by atoms with E-state index in [0.717, 1.165) is 12.3 Å². The maximum Gasteiger partial charge on any atom is 0.0594 e. The first-order valence-electron chi connectivity index (χ1n) is 13.9. The Labute approximate surface area is 203 Å². The Balaban J connectivity index is 1.58. The molecule has 0 aromatic rings. The average molecular weight is 455 g/mol. The van der Waals surface area contributed by atoms with E-state index in [9.17, 15) is 5.11 Å². The summed E-state index contributed by atoms with van der Waals surface area (Å²) in [5.74, 6) is 7.01. The van der Waals surface area contributed by atoms with E-state index in [1.54, 1.807) is 0 Å². The fourth-order valence-corrected chi connectivity index (χ4v) is 10.6. The summed E-state index contributed by atoms with van der Waals surface area (Å²) in [4.78, 5) is 0. The van der Waals surface area contributed by atoms with Crippen molar-refractivity contribution >= 4 is 6.21 Å². The molecule has 0 aromatic heterocycles. The Morgan fingerprint density at radius 1 is 0.818 bits per heavy atom. The van der Waals surface area contributed by atoms with Crippen molar-refractivity contribution < 1.29 is 5.11 Å². The van der Waals surface area contributed by atoms with Crippen LogP contribution in [-0.4, -0.2) is 17.4 Å². The van der Waals surface area contributed by atoms with Crippen molar-refractivity contribution in [1.82, 2.24) is 0 Å². The zero-order valence-corrected chi connectivity index (χ0v) is 22.6. The van der Waals surface area contributed by atoms with Crippen LogP contribution < -0.4 is 5.84 Å². The highest BCUT2D eigenvalue weighted by molar-refractivity contribution is 5.65. The summed E-state index contributed by atoms with van der Waals surface area (Å²) >= 11 is 0. The molecule has 5 aliphatic carbocycles. The lowest BCUT2D eigenvalue weighted by Crippen LogP contribution is -2.61. The number of nitrogens with two attached hydrogens (primary N) is 1. The van der Waals surface area contributed by atoms with E-state index < -0.39 is 0 Å². The molecule has 3 N–H and O–H groups in total. The molecule has 0 amide bonds. The molecule has 0 unspecified atom stereocenters. The predicted octanol–water partition coefficient (Wildman–Crippen LogP) is 7.24. The first-order chi connectivity index (χ1) is 15.3. The molecule has 0 aliphatic heterocycles. The lowest BCUT2D eigenvalue weighted by molar-refractivity contribution is -0.149. The minimum Gasteiger partial charge on any atom is -0.393 e. The molecule has 3 saturated carbocycles. The molecule has 0 radical (unpaired) electrons. The minimum atomic E-state index is -0.151. The van der Waals surface area contributed by atoms with Crippen molar-refractivity contribution in [2.24, 2.45) is 55.3 Å². The van der Waals surface area contributed by atoms with Crippen LogP contribution in [0.5, 0.6) is 0 Å². The van der Waals surface area contributed by atoms with Crippen molar-refractivity contribution in [2.45, 2.75) is 125 Å². The van der Waals surface area contributed by atoms with Gasteiger partial charge >= 0.3 is 0 Å². The quantitative estimate of drug-likeness (QED) is 0.190. The second-order valence-corrected chi connectivity index (χ2v) is 14.9. The molecule has 0 bridgehead atoms. The van der Waals surface area contributed by atoms with Gasteiger partial charge in [0, 0.05) is 11.6 Å². The van der Waals surface area contributed by atoms with E-state index in [4.69, 9.17) is 5.84 Å². The van der Waals surface area contributed by atoms with Gasteiger partial charge in [0.25, 0.3) is 0 Å². The van der Waals surface area contributed by atoms with E-state index in [-0.39, 0.29) is 22.3 Å². The minimum absolute atomic E-state index is 0.0189. The Hall–Kier alpha value is -0.830. The van der Waals surface area contributed by atoms with Crippen molar-refractivity contribution in [3.63, 3.8) is 0 Å². The molecule has 0 heterocycles. The van der Waals surface area contributed by atoms with Crippen LogP contribution in [0.3, 0.4) is 0 Å². The summed E-state index contributed by atoms with van der Waals surface area (Å²) in [7, 11) is 0. The molecule has 8 atom stereocenters. The average Bonchev–Trinajstić information content (AvgIpc) is 2.74. The highest BCUT2D eigenvalue weighted by Gasteiger charge is 2.66. The molecule has 0 spiro atoms. The van der Waals surface area contributed by atoms with Crippen molar-refractivity contribution in [2.75, 3.05) is 0 Å². The van der Waals surface area contributed by atoms with Crippen LogP contribution in [0.4, 0.5) is 0 Å². The Morgan fingerprint density at radius 2 is 1.52 bits per heavy atom. The molecule has 186 valence electrons. The van der Waals surface area contributed by atoms with Crippen LogP contribution in [0.1, 0.15) is 119 Å². The molecular formula is C30H50N2O. The number of hydrogen-bond donors (Lipinski definition) is 2. The fraction of sp³-hybridized carbons (Fsp3) is 0.900. The van der Waals surface area contributed by atoms with E-state index >= 15 is 0 Å². The zero-order valence-electron chi connectivity index (χ0n) is 22.6. The summed E-state index contributed by atoms with van der Waals surface area (Å²) in [6.45, 7) is 17.6. The van der Waals surface area contributed by atoms with Crippen LogP contribution in [0, 0.1) is 44.3 Å². The van der Waals surface area contributed by atoms with Crippen LogP contribution in [0.25, 0.3) is 0 Å². The van der Waals surface area contributed by atoms with Gasteiger partial charge in [-0.25, -0.2) is 0 Å². The third-order valence-corrected chi connectivity index (χ3v) is 13.2. The van der Waals surface area contributed by atoms with E-state index in [0.29, 0.717) is 22.2 Å². The number of nitrogens with zero attached hydrogens (tertiary/aromatic N) is 1. The number of fused-ring (bicyclic) bond motifs is 6. The summed E-state index contributed by atoms with van der Waals surface area (Å²) < 4.78 is 0. The topological polar surface area (TPSA) is 58.6 Å². The van der Waals surface area contributed by atoms with E-state index in [1.165, 1.54) is 64.2 Å². The SMILES string of the molecule is CC1(C)[C@@H](O)CC[C@]2(C)C3=C(CC[C@@H]12)[C@@]1(C)CC[C@@]2(C)CC[C@@](C)(/C=N/N)C[C@H]2[C@]1(C)CC3. The lowest BCUT2D eigenvalue weighted by Gasteiger charge is -2.69. The number of rotatable bonds is 1. The van der Waals surface area contributed by atoms with Gasteiger partial charge in [-0.1, -0.05) is 59.6 Å². The maximum atomic E-state index is 10.9. The van der Waals surface area contributed by atoms with Gasteiger partial charge in [0.2, 0.25) is 0 Å². The highest BCUT2D eigenvalue weighted by Crippen LogP contribution is 2.75. The molecule has 5 rings (SSSR count). The summed E-state index contributed by atoms with van der Waals surface area (Å²) in [6.07, 6.45) is 15.6. The van der Waals surface area contributed by atoms with Crippen molar-refractivity contribution in [3.8, 4) is 0 Å². The molecule has 0 saturated heterocycles. The van der Waals surface area contributed by atoms with Gasteiger partial charge in [0.1, 0.15) is 0 Å². The van der Waals surface area contributed by atoms with E-state index in [1.807, 2.05) is 11.1 Å². The summed E-state index contributed by atoms with van der Waals surface area (Å²) in [5.41, 5.74) is 5.20. The molecule has 3 heteroatoms. The van der Waals surface area contributed by atoms with Crippen LogP contribution in [-0.2, 0) is 0 Å². The molecule has 3 nitrogen and oxygen atoms in total. The van der Waals surface area contributed by atoms with Gasteiger partial charge in [0.05, 0.1) is 6.10 Å². The number of aliphatic hydroxyl groups excluding tert-OH is 1. The highest BCUT2D eigenvalue weighted by atomic mass is 16.3. The molecular weight excluding hydrogens is 404 g/mol. The lowest BCUT2D eigenvalue weighted by atomic mass is 9.35. The third kappa shape index (κ3) is 2.99. The normalized spacial score (nSPS) is 53.8. The zero-order chi connectivity index (χ0) is 24.1. The number of allylic oxidation sites excluding steroid dienone is 2. The van der Waals surface area contributed by atoms with Crippen LogP contribution in [0.2, 0.25) is 0 Å². The number of hydrazone groups is 1. The third-order valence-electron chi connectivity index (χ3n) is 13.2. The van der Waals surface area contributed by atoms with E-state index in [2.05, 4.69) is 59.8 Å². The van der Waals surface area contributed by atoms with Gasteiger partial charge in [0.15, 0.2) is 0 Å². The monoisotopic (exact) mass is 454 g/mol. The van der Waals surface area contributed by atoms with Gasteiger partial charge in [-0.2, -0.15) is 5.10 Å². The predicted molar refractivity (Wildman–Crippen MR) is 138 cm³/mol. The van der Waals surface area contributed by atoms with Crippen LogP contribution in [0.15, 0.2) is 16.2 Å². The summed E-state index contributed by atoms with van der Waals surface area (Å²) in [5, 5.41) is 14.9. The van der Waals surface area contributed by atoms with Gasteiger partial charge in [-0.05, 0) is 110 Å². The van der Waals surface area contributed by atoms with Gasteiger partial charge in [-0.15, -0.1) is 0 Å². The second kappa shape index (κ2) is 7.11. The first kappa shape index (κ1) is 23.9. The van der Waals surface area contributed by atoms with Gasteiger partial charge < -0.3 is 10.9 Å². The van der Waals surface area contributed by atoms with Crippen LogP contribution >= 0.6 is 0 Å². The molecule has 33 heavy (non-hydrogen) atoms. The molecule has 0 aromatic carbocycles. The Morgan fingerprint density at radius 3 is 2.21 bits per heavy atom. The number of aliphatic hydroxyl groups is 1. The Kier molecular flexibility index (Phi) is 5.15. The molecule has 5 aliphatic rings. The Bertz CT molecular complexity index is 890. The van der Waals surface area contributed by atoms with Gasteiger partial charge in [-0.3, -0.25) is 0 Å². The number of hydrogen-bond acceptors (Lipinski definition) is 3. The first-order valence-corrected chi connectivity index (χ1v) is 13.9.